The number of fused-ring (bicyclic) bond motifs is 1. The summed E-state index contributed by atoms with van der Waals surface area (Å²) in [5.41, 5.74) is 2.74. The Labute approximate surface area is 170 Å². The molecule has 2 amide bonds. The zero-order valence-electron chi connectivity index (χ0n) is 16.8. The molecule has 2 aliphatic rings. The highest BCUT2D eigenvalue weighted by Crippen LogP contribution is 2.36. The molecule has 0 bridgehead atoms. The Hall–Kier alpha value is -3.02. The predicted octanol–water partition coefficient (Wildman–Crippen LogP) is 3.96. The van der Waals surface area contributed by atoms with Crippen molar-refractivity contribution in [3.63, 3.8) is 0 Å². The maximum absolute atomic E-state index is 12.7. The van der Waals surface area contributed by atoms with E-state index in [9.17, 15) is 9.59 Å². The number of carbonyl (C=O) groups excluding carboxylic acids is 2. The highest BCUT2D eigenvalue weighted by atomic mass is 16.6. The number of ether oxygens (including phenoxy) is 2. The largest absolute Gasteiger partial charge is 0.486 e. The van der Waals surface area contributed by atoms with Gasteiger partial charge in [-0.05, 0) is 42.2 Å². The van der Waals surface area contributed by atoms with Gasteiger partial charge in [0, 0.05) is 30.4 Å². The molecule has 0 aromatic heterocycles. The zero-order chi connectivity index (χ0) is 20.4. The summed E-state index contributed by atoms with van der Waals surface area (Å²) in [7, 11) is 0. The van der Waals surface area contributed by atoms with Gasteiger partial charge in [0.1, 0.15) is 13.2 Å². The fourth-order valence-electron chi connectivity index (χ4n) is 3.71. The molecule has 0 aliphatic carbocycles. The molecule has 2 aromatic carbocycles. The third-order valence-electron chi connectivity index (χ3n) is 5.69. The molecule has 2 aliphatic heterocycles. The van der Waals surface area contributed by atoms with Gasteiger partial charge in [-0.15, -0.1) is 0 Å². The minimum Gasteiger partial charge on any atom is -0.486 e. The number of carbonyl (C=O) groups is 2. The molecule has 6 nitrogen and oxygen atoms in total. The van der Waals surface area contributed by atoms with Gasteiger partial charge in [-0.2, -0.15) is 0 Å². The normalized spacial score (nSPS) is 19.2. The van der Waals surface area contributed by atoms with Gasteiger partial charge >= 0.3 is 0 Å². The van der Waals surface area contributed by atoms with Crippen LogP contribution in [0.2, 0.25) is 0 Å². The van der Waals surface area contributed by atoms with E-state index in [-0.39, 0.29) is 24.2 Å². The number of benzene rings is 2. The van der Waals surface area contributed by atoms with E-state index in [1.54, 1.807) is 11.0 Å². The summed E-state index contributed by atoms with van der Waals surface area (Å²) >= 11 is 0. The maximum atomic E-state index is 12.7. The van der Waals surface area contributed by atoms with Crippen molar-refractivity contribution in [2.75, 3.05) is 30.0 Å². The number of anilines is 2. The first-order valence-corrected chi connectivity index (χ1v) is 10.2. The van der Waals surface area contributed by atoms with Gasteiger partial charge in [0.25, 0.3) is 0 Å². The van der Waals surface area contributed by atoms with Crippen molar-refractivity contribution in [2.45, 2.75) is 32.6 Å². The molecule has 0 unspecified atom stereocenters. The van der Waals surface area contributed by atoms with Crippen LogP contribution in [0.1, 0.15) is 38.2 Å². The van der Waals surface area contributed by atoms with Gasteiger partial charge in [0.05, 0.1) is 5.92 Å². The van der Waals surface area contributed by atoms with Gasteiger partial charge in [-0.3, -0.25) is 9.59 Å². The molecule has 0 spiro atoms. The molecule has 2 heterocycles. The van der Waals surface area contributed by atoms with Crippen LogP contribution in [0.3, 0.4) is 0 Å². The Bertz CT molecular complexity index is 910. The lowest BCUT2D eigenvalue weighted by Crippen LogP contribution is -2.28. The molecule has 4 rings (SSSR count). The van der Waals surface area contributed by atoms with Crippen molar-refractivity contribution >= 4 is 23.2 Å². The summed E-state index contributed by atoms with van der Waals surface area (Å²) in [5.74, 6) is 1.23. The Morgan fingerprint density at radius 3 is 2.59 bits per heavy atom. The summed E-state index contributed by atoms with van der Waals surface area (Å²) in [6, 6.07) is 13.4. The summed E-state index contributed by atoms with van der Waals surface area (Å²) in [6.07, 6.45) is 1.27. The summed E-state index contributed by atoms with van der Waals surface area (Å²) in [6.45, 7) is 5.71. The SMILES string of the molecule is CC[C@H](C)c1ccc(NC(=O)[C@H]2CC(=O)N(c3ccc4c(c3)OCCO4)C2)cc1. The Balaban J connectivity index is 1.41. The molecule has 1 N–H and O–H groups in total. The fourth-order valence-corrected chi connectivity index (χ4v) is 3.71. The predicted molar refractivity (Wildman–Crippen MR) is 112 cm³/mol. The third-order valence-corrected chi connectivity index (χ3v) is 5.69. The van der Waals surface area contributed by atoms with Crippen molar-refractivity contribution in [1.82, 2.24) is 0 Å². The smallest absolute Gasteiger partial charge is 0.229 e. The molecule has 29 heavy (non-hydrogen) atoms. The number of nitrogens with zero attached hydrogens (tertiary/aromatic N) is 1. The topological polar surface area (TPSA) is 67.9 Å². The Morgan fingerprint density at radius 1 is 1.14 bits per heavy atom. The van der Waals surface area contributed by atoms with Crippen LogP contribution in [0.5, 0.6) is 11.5 Å². The molecular weight excluding hydrogens is 368 g/mol. The van der Waals surface area contributed by atoms with Gasteiger partial charge in [0.2, 0.25) is 11.8 Å². The van der Waals surface area contributed by atoms with Crippen LogP contribution in [0.15, 0.2) is 42.5 Å². The van der Waals surface area contributed by atoms with Gasteiger partial charge in [0.15, 0.2) is 11.5 Å². The van der Waals surface area contributed by atoms with Crippen molar-refractivity contribution in [2.24, 2.45) is 5.92 Å². The van der Waals surface area contributed by atoms with Gasteiger partial charge in [-0.1, -0.05) is 26.0 Å². The lowest BCUT2D eigenvalue weighted by Gasteiger charge is -2.22. The lowest BCUT2D eigenvalue weighted by molar-refractivity contribution is -0.122. The second-order valence-corrected chi connectivity index (χ2v) is 7.65. The van der Waals surface area contributed by atoms with E-state index in [2.05, 4.69) is 19.2 Å². The molecule has 0 radical (unpaired) electrons. The number of nitrogens with one attached hydrogen (secondary N) is 1. The molecule has 0 saturated carbocycles. The van der Waals surface area contributed by atoms with Gasteiger partial charge in [-0.25, -0.2) is 0 Å². The van der Waals surface area contributed by atoms with Crippen LogP contribution in [0.25, 0.3) is 0 Å². The van der Waals surface area contributed by atoms with E-state index in [0.717, 1.165) is 17.8 Å². The van der Waals surface area contributed by atoms with Crippen LogP contribution in [-0.2, 0) is 9.59 Å². The van der Waals surface area contributed by atoms with E-state index >= 15 is 0 Å². The van der Waals surface area contributed by atoms with E-state index in [1.807, 2.05) is 36.4 Å². The standard InChI is InChI=1S/C23H26N2O4/c1-3-15(2)16-4-6-18(7-5-16)24-23(27)17-12-22(26)25(14-17)19-8-9-20-21(13-19)29-11-10-28-20/h4-9,13,15,17H,3,10-12,14H2,1-2H3,(H,24,27)/t15-,17-/m0/s1. The fraction of sp³-hybridized carbons (Fsp3) is 0.391. The first-order chi connectivity index (χ1) is 14.0. The summed E-state index contributed by atoms with van der Waals surface area (Å²) in [4.78, 5) is 26.9. The van der Waals surface area contributed by atoms with Crippen LogP contribution in [0, 0.1) is 5.92 Å². The first-order valence-electron chi connectivity index (χ1n) is 10.2. The molecule has 152 valence electrons. The quantitative estimate of drug-likeness (QED) is 0.833. The average Bonchev–Trinajstić information content (AvgIpc) is 3.15. The van der Waals surface area contributed by atoms with Crippen molar-refractivity contribution in [3.05, 3.63) is 48.0 Å². The first kappa shape index (κ1) is 19.3. The second kappa shape index (κ2) is 8.15. The Kier molecular flexibility index (Phi) is 5.43. The van der Waals surface area contributed by atoms with E-state index in [1.165, 1.54) is 5.56 Å². The highest BCUT2D eigenvalue weighted by molar-refractivity contribution is 6.03. The average molecular weight is 394 g/mol. The van der Waals surface area contributed by atoms with Crippen LogP contribution in [-0.4, -0.2) is 31.6 Å². The molecule has 2 aromatic rings. The summed E-state index contributed by atoms with van der Waals surface area (Å²) in [5, 5.41) is 2.95. The van der Waals surface area contributed by atoms with Gasteiger partial charge < -0.3 is 19.7 Å². The van der Waals surface area contributed by atoms with Crippen LogP contribution >= 0.6 is 0 Å². The van der Waals surface area contributed by atoms with E-state index in [0.29, 0.717) is 37.2 Å². The molecular formula is C23H26N2O4. The lowest BCUT2D eigenvalue weighted by atomic mass is 9.98. The minimum absolute atomic E-state index is 0.0612. The minimum atomic E-state index is -0.384. The third kappa shape index (κ3) is 4.06. The molecule has 1 saturated heterocycles. The molecule has 6 heteroatoms. The Morgan fingerprint density at radius 2 is 1.86 bits per heavy atom. The molecule has 2 atom stereocenters. The summed E-state index contributed by atoms with van der Waals surface area (Å²) < 4.78 is 11.1. The van der Waals surface area contributed by atoms with Crippen molar-refractivity contribution in [3.8, 4) is 11.5 Å². The number of hydrogen-bond donors (Lipinski definition) is 1. The van der Waals surface area contributed by atoms with Crippen LogP contribution < -0.4 is 19.7 Å². The van der Waals surface area contributed by atoms with E-state index < -0.39 is 0 Å². The highest BCUT2D eigenvalue weighted by Gasteiger charge is 2.35. The molecule has 1 fully saturated rings. The van der Waals surface area contributed by atoms with Crippen molar-refractivity contribution < 1.29 is 19.1 Å². The van der Waals surface area contributed by atoms with Crippen molar-refractivity contribution in [1.29, 1.82) is 0 Å². The number of rotatable bonds is 5. The second-order valence-electron chi connectivity index (χ2n) is 7.65. The number of amides is 2. The zero-order valence-corrected chi connectivity index (χ0v) is 16.8. The van der Waals surface area contributed by atoms with E-state index in [4.69, 9.17) is 9.47 Å². The monoisotopic (exact) mass is 394 g/mol. The maximum Gasteiger partial charge on any atom is 0.229 e. The van der Waals surface area contributed by atoms with Crippen LogP contribution in [0.4, 0.5) is 11.4 Å². The number of hydrogen-bond acceptors (Lipinski definition) is 4.